The van der Waals surface area contributed by atoms with Crippen molar-refractivity contribution in [2.24, 2.45) is 0 Å². The number of amides is 2. The maximum Gasteiger partial charge on any atom is 0.421 e. The number of carbonyl (C=O) groups is 1. The van der Waals surface area contributed by atoms with Crippen LogP contribution in [0, 0.1) is 5.82 Å². The summed E-state index contributed by atoms with van der Waals surface area (Å²) in [7, 11) is -10.1. The Labute approximate surface area is 208 Å². The first kappa shape index (κ1) is 27.4. The molecule has 6 nitrogen and oxygen atoms in total. The van der Waals surface area contributed by atoms with Crippen LogP contribution in [0.25, 0.3) is 0 Å². The number of hydrogen-bond donors (Lipinski definition) is 2. The molecule has 1 aromatic heterocycles. The van der Waals surface area contributed by atoms with Gasteiger partial charge in [-0.3, -0.25) is 0 Å². The molecule has 3 aromatic rings. The highest BCUT2D eigenvalue weighted by molar-refractivity contribution is 8.45. The van der Waals surface area contributed by atoms with Crippen LogP contribution in [0.2, 0.25) is 0 Å². The number of nitrogens with one attached hydrogen (secondary N) is 2. The van der Waals surface area contributed by atoms with Crippen LogP contribution in [0.15, 0.2) is 65.7 Å². The largest absolute Gasteiger partial charge is 0.437 e. The van der Waals surface area contributed by atoms with Crippen molar-refractivity contribution in [3.05, 3.63) is 72.2 Å². The SMILES string of the molecule is O=C(Nc1ccc(S(F)(F)(F)(F)F)cc1F)Nc1cccnc1Oc1ccccc1C1(C(F)(F)F)CCO1. The summed E-state index contributed by atoms with van der Waals surface area (Å²) < 4.78 is 130. The third-order valence-electron chi connectivity index (χ3n) is 5.44. The van der Waals surface area contributed by atoms with E-state index >= 15 is 0 Å². The lowest BCUT2D eigenvalue weighted by Gasteiger charge is -2.43. The van der Waals surface area contributed by atoms with Crippen LogP contribution >= 0.6 is 10.2 Å². The average Bonchev–Trinajstić information content (AvgIpc) is 2.74. The summed E-state index contributed by atoms with van der Waals surface area (Å²) >= 11 is 0. The van der Waals surface area contributed by atoms with E-state index in [2.05, 4.69) is 10.3 Å². The minimum absolute atomic E-state index is 0.0885. The molecule has 0 bridgehead atoms. The molecule has 16 heteroatoms. The number of nitrogens with zero attached hydrogens (tertiary/aromatic N) is 1. The number of alkyl halides is 3. The second kappa shape index (κ2) is 8.42. The number of benzene rings is 2. The lowest BCUT2D eigenvalue weighted by atomic mass is 9.85. The summed E-state index contributed by atoms with van der Waals surface area (Å²) in [6.07, 6.45) is -3.94. The molecular formula is C22H16F9N3O3S. The van der Waals surface area contributed by atoms with Gasteiger partial charge in [-0.1, -0.05) is 37.6 Å². The van der Waals surface area contributed by atoms with Gasteiger partial charge in [0.25, 0.3) is 0 Å². The van der Waals surface area contributed by atoms with Gasteiger partial charge in [-0.2, -0.15) is 13.2 Å². The first-order valence-electron chi connectivity index (χ1n) is 10.4. The molecule has 1 saturated heterocycles. The molecule has 1 aliphatic rings. The molecule has 0 radical (unpaired) electrons. The third kappa shape index (κ3) is 5.45. The van der Waals surface area contributed by atoms with Crippen LogP contribution in [0.1, 0.15) is 12.0 Å². The van der Waals surface area contributed by atoms with E-state index in [0.29, 0.717) is 6.07 Å². The highest BCUT2D eigenvalue weighted by Crippen LogP contribution is 3.02. The maximum atomic E-state index is 14.1. The van der Waals surface area contributed by atoms with Crippen molar-refractivity contribution < 1.29 is 51.3 Å². The fraction of sp³-hybridized carbons (Fsp3) is 0.182. The van der Waals surface area contributed by atoms with E-state index in [1.54, 1.807) is 0 Å². The van der Waals surface area contributed by atoms with Crippen LogP contribution in [0.4, 0.5) is 53.2 Å². The summed E-state index contributed by atoms with van der Waals surface area (Å²) in [5.74, 6) is -2.46. The molecule has 2 heterocycles. The van der Waals surface area contributed by atoms with E-state index in [-0.39, 0.29) is 42.0 Å². The lowest BCUT2D eigenvalue weighted by Crippen LogP contribution is -2.52. The normalized spacial score (nSPS) is 19.5. The van der Waals surface area contributed by atoms with Crippen LogP contribution < -0.4 is 15.4 Å². The molecule has 38 heavy (non-hydrogen) atoms. The first-order valence-corrected chi connectivity index (χ1v) is 12.4. The minimum Gasteiger partial charge on any atom is -0.437 e. The van der Waals surface area contributed by atoms with E-state index in [4.69, 9.17) is 9.47 Å². The van der Waals surface area contributed by atoms with Crippen LogP contribution in [0.3, 0.4) is 0 Å². The van der Waals surface area contributed by atoms with Crippen molar-refractivity contribution in [3.63, 3.8) is 0 Å². The zero-order chi connectivity index (χ0) is 28.0. The molecule has 2 aromatic carbocycles. The van der Waals surface area contributed by atoms with Gasteiger partial charge < -0.3 is 20.1 Å². The van der Waals surface area contributed by atoms with Gasteiger partial charge >= 0.3 is 22.4 Å². The molecule has 4 rings (SSSR count). The highest BCUT2D eigenvalue weighted by atomic mass is 32.5. The Hall–Kier alpha value is -3.66. The molecule has 1 unspecified atom stereocenters. The lowest BCUT2D eigenvalue weighted by molar-refractivity contribution is -0.333. The van der Waals surface area contributed by atoms with Crippen molar-refractivity contribution in [2.75, 3.05) is 17.2 Å². The van der Waals surface area contributed by atoms with Crippen molar-refractivity contribution in [1.29, 1.82) is 0 Å². The van der Waals surface area contributed by atoms with Crippen molar-refractivity contribution >= 4 is 27.6 Å². The van der Waals surface area contributed by atoms with E-state index < -0.39 is 50.5 Å². The fourth-order valence-electron chi connectivity index (χ4n) is 3.57. The Balaban J connectivity index is 1.56. The summed E-state index contributed by atoms with van der Waals surface area (Å²) in [5.41, 5.74) is -4.04. The van der Waals surface area contributed by atoms with Gasteiger partial charge in [-0.25, -0.2) is 14.2 Å². The molecule has 2 amide bonds. The minimum atomic E-state index is -10.1. The Kier molecular flexibility index (Phi) is 6.07. The second-order valence-electron chi connectivity index (χ2n) is 8.07. The third-order valence-corrected chi connectivity index (χ3v) is 6.59. The topological polar surface area (TPSA) is 72.5 Å². The highest BCUT2D eigenvalue weighted by Gasteiger charge is 2.65. The van der Waals surface area contributed by atoms with Gasteiger partial charge in [-0.05, 0) is 36.4 Å². The van der Waals surface area contributed by atoms with E-state index in [1.807, 2.05) is 5.32 Å². The predicted octanol–water partition coefficient (Wildman–Crippen LogP) is 8.49. The smallest absolute Gasteiger partial charge is 0.421 e. The number of carbonyl (C=O) groups excluding carboxylic acids is 1. The molecule has 0 saturated carbocycles. The van der Waals surface area contributed by atoms with E-state index in [1.165, 1.54) is 36.5 Å². The molecule has 206 valence electrons. The molecule has 1 aliphatic heterocycles. The summed E-state index contributed by atoms with van der Waals surface area (Å²) in [6.45, 7) is -0.135. The molecule has 1 atom stereocenters. The molecular weight excluding hydrogens is 557 g/mol. The predicted molar refractivity (Wildman–Crippen MR) is 119 cm³/mol. The van der Waals surface area contributed by atoms with Gasteiger partial charge in [0.1, 0.15) is 22.1 Å². The van der Waals surface area contributed by atoms with Gasteiger partial charge in [0.05, 0.1) is 12.3 Å². The quantitative estimate of drug-likeness (QED) is 0.290. The average molecular weight is 573 g/mol. The van der Waals surface area contributed by atoms with Gasteiger partial charge in [0.15, 0.2) is 5.60 Å². The second-order valence-corrected chi connectivity index (χ2v) is 10.5. The number of hydrogen-bond acceptors (Lipinski definition) is 4. The zero-order valence-corrected chi connectivity index (χ0v) is 19.5. The summed E-state index contributed by atoms with van der Waals surface area (Å²) in [6, 6.07) is 6.16. The number of urea groups is 1. The van der Waals surface area contributed by atoms with Crippen molar-refractivity contribution in [2.45, 2.75) is 23.1 Å². The fourth-order valence-corrected chi connectivity index (χ4v) is 4.22. The van der Waals surface area contributed by atoms with Crippen LogP contribution in [0.5, 0.6) is 11.6 Å². The van der Waals surface area contributed by atoms with Crippen LogP contribution in [-0.4, -0.2) is 23.8 Å². The Morgan fingerprint density at radius 2 is 1.63 bits per heavy atom. The molecule has 2 N–H and O–H groups in total. The monoisotopic (exact) mass is 573 g/mol. The standard InChI is InChI=1S/C22H16F9N3O3S/c23-15-12-13(38(27,28,29,30)31)7-8-16(15)33-20(35)34-17-5-3-10-32-19(17)37-18-6-2-1-4-14(18)21(9-11-36-21)22(24,25)26/h1-8,10,12H,9,11H2,(H2,33,34,35). The number of halogens is 9. The molecule has 0 aliphatic carbocycles. The van der Waals surface area contributed by atoms with Gasteiger partial charge in [-0.15, -0.1) is 0 Å². The Morgan fingerprint density at radius 3 is 2.21 bits per heavy atom. The Bertz CT molecular complexity index is 1400. The number of anilines is 2. The number of pyridine rings is 1. The van der Waals surface area contributed by atoms with Gasteiger partial charge in [0, 0.05) is 18.2 Å². The zero-order valence-electron chi connectivity index (χ0n) is 18.7. The number of rotatable bonds is 6. The van der Waals surface area contributed by atoms with Crippen LogP contribution in [-0.2, 0) is 10.3 Å². The van der Waals surface area contributed by atoms with Gasteiger partial charge in [0.2, 0.25) is 5.88 Å². The number of ether oxygens (including phenoxy) is 2. The summed E-state index contributed by atoms with van der Waals surface area (Å²) in [5, 5.41) is 4.01. The number of aromatic nitrogens is 1. The molecule has 1 fully saturated rings. The van der Waals surface area contributed by atoms with Crippen molar-refractivity contribution in [1.82, 2.24) is 4.98 Å². The summed E-state index contributed by atoms with van der Waals surface area (Å²) in [4.78, 5) is 13.7. The maximum absolute atomic E-state index is 14.1. The molecule has 0 spiro atoms. The van der Waals surface area contributed by atoms with Crippen molar-refractivity contribution in [3.8, 4) is 11.6 Å². The number of para-hydroxylation sites is 1. The first-order chi connectivity index (χ1) is 17.4. The van der Waals surface area contributed by atoms with E-state index in [9.17, 15) is 41.8 Å². The van der Waals surface area contributed by atoms with E-state index in [0.717, 1.165) is 6.07 Å². The Morgan fingerprint density at radius 1 is 0.974 bits per heavy atom.